The number of hydrogen-bond donors (Lipinski definition) is 0. The second-order valence-electron chi connectivity index (χ2n) is 1.97. The Bertz CT molecular complexity index is 80.5. The average Bonchev–Trinajstić information content (AvgIpc) is 1.88. The van der Waals surface area contributed by atoms with Crippen molar-refractivity contribution in [3.05, 3.63) is 0 Å². The fourth-order valence-corrected chi connectivity index (χ4v) is 0.612. The van der Waals surface area contributed by atoms with Gasteiger partial charge in [0.15, 0.2) is 0 Å². The van der Waals surface area contributed by atoms with Crippen LogP contribution in [0.2, 0.25) is 0 Å². The van der Waals surface area contributed by atoms with Crippen molar-refractivity contribution in [2.75, 3.05) is 19.8 Å². The van der Waals surface area contributed by atoms with Crippen LogP contribution in [0.5, 0.6) is 0 Å². The number of rotatable bonds is 3. The van der Waals surface area contributed by atoms with Crippen LogP contribution in [0.1, 0.15) is 20.8 Å². The van der Waals surface area contributed by atoms with E-state index in [2.05, 4.69) is 25.1 Å². The second kappa shape index (κ2) is 8.77. The maximum atomic E-state index is 4.89. The highest BCUT2D eigenvalue weighted by Gasteiger charge is 2.03. The van der Waals surface area contributed by atoms with Gasteiger partial charge in [0.2, 0.25) is 0 Å². The van der Waals surface area contributed by atoms with Crippen LogP contribution in [0.25, 0.3) is 0 Å². The van der Waals surface area contributed by atoms with E-state index in [0.29, 0.717) is 0 Å². The summed E-state index contributed by atoms with van der Waals surface area (Å²) in [6.45, 7) is 9.76. The molecule has 0 aliphatic carbocycles. The lowest BCUT2D eigenvalue weighted by atomic mass is 10.7. The summed E-state index contributed by atoms with van der Waals surface area (Å²) in [5.74, 6) is 0. The van der Waals surface area contributed by atoms with E-state index in [0.717, 1.165) is 19.8 Å². The van der Waals surface area contributed by atoms with Crippen LogP contribution in [0.4, 0.5) is 0 Å². The zero-order valence-electron chi connectivity index (χ0n) is 7.62. The molecule has 0 aromatic carbocycles. The Morgan fingerprint density at radius 3 is 1.00 bits per heavy atom. The van der Waals surface area contributed by atoms with Crippen molar-refractivity contribution < 1.29 is 4.37 Å². The molecular formula is C6H15BCl4O. The highest BCUT2D eigenvalue weighted by molar-refractivity contribution is 7.81. The second-order valence-corrected chi connectivity index (χ2v) is 5.93. The Labute approximate surface area is 94.5 Å². The highest BCUT2D eigenvalue weighted by atomic mass is 35.6. The van der Waals surface area contributed by atoms with Crippen LogP contribution in [-0.2, 0) is 4.37 Å². The smallest absolute Gasteiger partial charge is 0.328 e. The van der Waals surface area contributed by atoms with Gasteiger partial charge in [0, 0.05) is 20.8 Å². The molecule has 0 aromatic heterocycles. The third kappa shape index (κ3) is 22.5. The molecule has 0 saturated carbocycles. The van der Waals surface area contributed by atoms with Crippen LogP contribution >= 0.6 is 45.8 Å². The first-order valence-corrected chi connectivity index (χ1v) is 5.61. The van der Waals surface area contributed by atoms with Gasteiger partial charge in [0.1, 0.15) is 19.8 Å². The van der Waals surface area contributed by atoms with E-state index >= 15 is 0 Å². The molecule has 0 saturated heterocycles. The van der Waals surface area contributed by atoms with E-state index in [9.17, 15) is 0 Å². The van der Waals surface area contributed by atoms with E-state index < -0.39 is 3.81 Å². The van der Waals surface area contributed by atoms with Crippen LogP contribution < -0.4 is 0 Å². The molecule has 0 bridgehead atoms. The summed E-state index contributed by atoms with van der Waals surface area (Å²) < 4.78 is 0.958. The fourth-order valence-electron chi connectivity index (χ4n) is 0.612. The minimum Gasteiger partial charge on any atom is -0.422 e. The van der Waals surface area contributed by atoms with Crippen molar-refractivity contribution in [3.63, 3.8) is 0 Å². The Morgan fingerprint density at radius 2 is 1.00 bits per heavy atom. The maximum absolute atomic E-state index is 4.89. The van der Waals surface area contributed by atoms with Crippen LogP contribution in [0.15, 0.2) is 0 Å². The van der Waals surface area contributed by atoms with Gasteiger partial charge in [0.25, 0.3) is 0 Å². The molecule has 0 heterocycles. The molecule has 1 nitrogen and oxygen atoms in total. The summed E-state index contributed by atoms with van der Waals surface area (Å²) in [5, 5.41) is 0. The van der Waals surface area contributed by atoms with E-state index in [4.69, 9.17) is 45.8 Å². The lowest BCUT2D eigenvalue weighted by molar-refractivity contribution is -0.119. The minimum atomic E-state index is -2.11. The van der Waals surface area contributed by atoms with Crippen molar-refractivity contribution in [1.82, 2.24) is 0 Å². The molecule has 0 aliphatic heterocycles. The Hall–Kier alpha value is 1.18. The first kappa shape index (κ1) is 15.6. The minimum absolute atomic E-state index is 1.10. The zero-order chi connectivity index (χ0) is 10.2. The van der Waals surface area contributed by atoms with Crippen molar-refractivity contribution in [2.24, 2.45) is 0 Å². The molecule has 6 heteroatoms. The summed E-state index contributed by atoms with van der Waals surface area (Å²) in [7, 11) is 0. The molecule has 0 fully saturated rings. The van der Waals surface area contributed by atoms with E-state index in [1.54, 1.807) is 0 Å². The summed E-state index contributed by atoms with van der Waals surface area (Å²) in [5.41, 5.74) is 0. The number of halogens is 4. The molecule has 0 radical (unpaired) electrons. The predicted octanol–water partition coefficient (Wildman–Crippen LogP) is 3.98. The van der Waals surface area contributed by atoms with Gasteiger partial charge >= 0.3 is 3.81 Å². The molecule has 76 valence electrons. The van der Waals surface area contributed by atoms with Crippen LogP contribution in [0, 0.1) is 0 Å². The van der Waals surface area contributed by atoms with Crippen molar-refractivity contribution in [3.8, 4) is 0 Å². The lowest BCUT2D eigenvalue weighted by Gasteiger charge is -2.11. The molecule has 0 rings (SSSR count). The first-order chi connectivity index (χ1) is 5.35. The van der Waals surface area contributed by atoms with Crippen molar-refractivity contribution >= 4 is 49.6 Å². The molecule has 0 aliphatic rings. The van der Waals surface area contributed by atoms with Gasteiger partial charge < -0.3 is 50.2 Å². The summed E-state index contributed by atoms with van der Waals surface area (Å²) in [4.78, 5) is 0. The quantitative estimate of drug-likeness (QED) is 0.530. The van der Waals surface area contributed by atoms with E-state index in [1.807, 2.05) is 0 Å². The van der Waals surface area contributed by atoms with E-state index in [-0.39, 0.29) is 0 Å². The third-order valence-corrected chi connectivity index (χ3v) is 1.22. The predicted molar refractivity (Wildman–Crippen MR) is 61.9 cm³/mol. The summed E-state index contributed by atoms with van der Waals surface area (Å²) in [6, 6.07) is 0. The van der Waals surface area contributed by atoms with Gasteiger partial charge in [-0.2, -0.15) is 0 Å². The Balaban J connectivity index is 0. The SMILES string of the molecule is CC[O+](CC)CC.Cl[B-](Cl)(Cl)Cl. The molecule has 0 spiro atoms. The van der Waals surface area contributed by atoms with Gasteiger partial charge in [-0.25, -0.2) is 0 Å². The van der Waals surface area contributed by atoms with Crippen LogP contribution in [0.3, 0.4) is 0 Å². The van der Waals surface area contributed by atoms with Gasteiger partial charge in [0.05, 0.1) is 0 Å². The molecule has 0 N–H and O–H groups in total. The van der Waals surface area contributed by atoms with Crippen molar-refractivity contribution in [1.29, 1.82) is 0 Å². The monoisotopic (exact) mass is 254 g/mol. The molecule has 0 atom stereocenters. The van der Waals surface area contributed by atoms with Crippen molar-refractivity contribution in [2.45, 2.75) is 20.8 Å². The topological polar surface area (TPSA) is 2.70 Å². The third-order valence-electron chi connectivity index (χ3n) is 1.22. The summed E-state index contributed by atoms with van der Waals surface area (Å²) >= 11 is 19.6. The normalized spacial score (nSPS) is 11.0. The van der Waals surface area contributed by atoms with E-state index in [1.165, 1.54) is 0 Å². The highest BCUT2D eigenvalue weighted by Crippen LogP contribution is 2.23. The number of hydrogen-bond acceptors (Lipinski definition) is 0. The standard InChI is InChI=1S/C6H15O.BCl4/c1-4-7(5-2)6-3;2-1(3,4)5/h4-6H2,1-3H3;/q+1;-1. The fraction of sp³-hybridized carbons (Fsp3) is 1.00. The molecule has 0 unspecified atom stereocenters. The molecule has 12 heavy (non-hydrogen) atoms. The zero-order valence-corrected chi connectivity index (χ0v) is 10.6. The largest absolute Gasteiger partial charge is 0.422 e. The first-order valence-electron chi connectivity index (χ1n) is 3.86. The Morgan fingerprint density at radius 1 is 0.833 bits per heavy atom. The van der Waals surface area contributed by atoms with Gasteiger partial charge in [-0.15, -0.1) is 0 Å². The average molecular weight is 256 g/mol. The summed E-state index contributed by atoms with van der Waals surface area (Å²) in [6.07, 6.45) is 0. The lowest BCUT2D eigenvalue weighted by Crippen LogP contribution is -2.11. The van der Waals surface area contributed by atoms with Gasteiger partial charge in [-0.1, -0.05) is 0 Å². The Kier molecular flexibility index (Phi) is 11.4. The molecular weight excluding hydrogens is 241 g/mol. The van der Waals surface area contributed by atoms with Gasteiger partial charge in [-0.05, 0) is 0 Å². The van der Waals surface area contributed by atoms with Gasteiger partial charge in [-0.3, -0.25) is 0 Å². The maximum Gasteiger partial charge on any atom is 0.328 e. The molecule has 0 aromatic rings. The molecule has 0 amide bonds. The van der Waals surface area contributed by atoms with Crippen LogP contribution in [-0.4, -0.2) is 23.6 Å².